The molecule has 132 valence electrons. The Balaban J connectivity index is 2.16. The van der Waals surface area contributed by atoms with Crippen LogP contribution in [-0.4, -0.2) is 37.3 Å². The van der Waals surface area contributed by atoms with Crippen LogP contribution in [0.5, 0.6) is 0 Å². The van der Waals surface area contributed by atoms with Crippen molar-refractivity contribution in [3.63, 3.8) is 0 Å². The largest absolute Gasteiger partial charge is 0.383 e. The third-order valence-electron chi connectivity index (χ3n) is 4.93. The third kappa shape index (κ3) is 3.26. The lowest BCUT2D eigenvalue weighted by atomic mass is 9.69. The highest BCUT2D eigenvalue weighted by Gasteiger charge is 2.52. The van der Waals surface area contributed by atoms with Crippen LogP contribution in [0, 0.1) is 5.41 Å². The van der Waals surface area contributed by atoms with Gasteiger partial charge in [0, 0.05) is 37.7 Å². The number of Topliss-reactive ketones (excluding diaryl/α,β-unsaturated/α-hetero) is 1. The zero-order valence-corrected chi connectivity index (χ0v) is 14.3. The van der Waals surface area contributed by atoms with E-state index in [2.05, 4.69) is 5.10 Å². The number of hydrogen-bond acceptors (Lipinski definition) is 3. The molecule has 1 N–H and O–H groups in total. The van der Waals surface area contributed by atoms with Crippen molar-refractivity contribution in [1.82, 2.24) is 14.3 Å². The number of carbonyl (C=O) groups is 1. The van der Waals surface area contributed by atoms with E-state index in [1.807, 2.05) is 36.1 Å². The van der Waals surface area contributed by atoms with Gasteiger partial charge in [0.1, 0.15) is 11.4 Å². The van der Waals surface area contributed by atoms with Crippen LogP contribution in [0.4, 0.5) is 8.78 Å². The number of ketones is 1. The second kappa shape index (κ2) is 6.47. The fourth-order valence-corrected chi connectivity index (χ4v) is 2.66. The molecule has 0 fully saturated rings. The molecule has 24 heavy (non-hydrogen) atoms. The van der Waals surface area contributed by atoms with Crippen LogP contribution in [0.25, 0.3) is 11.3 Å². The highest BCUT2D eigenvalue weighted by Crippen LogP contribution is 2.40. The average Bonchev–Trinajstić information content (AvgIpc) is 3.12. The molecule has 0 saturated heterocycles. The minimum atomic E-state index is -3.01. The van der Waals surface area contributed by atoms with E-state index in [-0.39, 0.29) is 13.0 Å². The molecular weight excluding hydrogens is 316 g/mol. The Morgan fingerprint density at radius 3 is 2.50 bits per heavy atom. The van der Waals surface area contributed by atoms with Crippen LogP contribution in [0.1, 0.15) is 27.2 Å². The van der Waals surface area contributed by atoms with Crippen LogP contribution in [0.2, 0.25) is 0 Å². The lowest BCUT2D eigenvalue weighted by Gasteiger charge is -2.40. The predicted molar refractivity (Wildman–Crippen MR) is 86.7 cm³/mol. The van der Waals surface area contributed by atoms with Crippen molar-refractivity contribution in [2.75, 3.05) is 0 Å². The monoisotopic (exact) mass is 339 g/mol. The summed E-state index contributed by atoms with van der Waals surface area (Å²) in [7, 11) is 1.91. The average molecular weight is 339 g/mol. The number of hydrogen-bond donors (Lipinski definition) is 1. The van der Waals surface area contributed by atoms with Gasteiger partial charge in [0.15, 0.2) is 0 Å². The Kier molecular flexibility index (Phi) is 4.94. The van der Waals surface area contributed by atoms with Crippen molar-refractivity contribution in [3.8, 4) is 11.3 Å². The molecular formula is C17H23F2N3O2. The smallest absolute Gasteiger partial charge is 0.267 e. The summed E-state index contributed by atoms with van der Waals surface area (Å²) < 4.78 is 29.9. The first kappa shape index (κ1) is 18.3. The Hall–Kier alpha value is -2.02. The molecule has 7 heteroatoms. The summed E-state index contributed by atoms with van der Waals surface area (Å²) in [5.74, 6) is -0.469. The number of nitrogens with zero attached hydrogens (tertiary/aromatic N) is 3. The normalized spacial score (nSPS) is 16.8. The zero-order valence-electron chi connectivity index (χ0n) is 14.3. The maximum atomic E-state index is 13.2. The van der Waals surface area contributed by atoms with Crippen molar-refractivity contribution < 1.29 is 18.7 Å². The van der Waals surface area contributed by atoms with Crippen molar-refractivity contribution >= 4 is 5.78 Å². The van der Waals surface area contributed by atoms with Crippen LogP contribution < -0.4 is 0 Å². The lowest BCUT2D eigenvalue weighted by Crippen LogP contribution is -2.53. The molecule has 2 aromatic rings. The van der Waals surface area contributed by atoms with E-state index in [0.29, 0.717) is 0 Å². The van der Waals surface area contributed by atoms with Gasteiger partial charge in [-0.15, -0.1) is 0 Å². The minimum Gasteiger partial charge on any atom is -0.383 e. The van der Waals surface area contributed by atoms with Gasteiger partial charge in [0.2, 0.25) is 0 Å². The molecule has 0 amide bonds. The molecule has 0 aliphatic heterocycles. The van der Waals surface area contributed by atoms with E-state index in [0.717, 1.165) is 18.2 Å². The van der Waals surface area contributed by atoms with Gasteiger partial charge in [0.25, 0.3) is 6.43 Å². The second-order valence-electron chi connectivity index (χ2n) is 6.62. The number of aliphatic hydroxyl groups is 1. The molecule has 0 spiro atoms. The summed E-state index contributed by atoms with van der Waals surface area (Å²) in [6.45, 7) is 3.88. The summed E-state index contributed by atoms with van der Waals surface area (Å²) in [6.07, 6.45) is 2.62. The molecule has 2 unspecified atom stereocenters. The highest BCUT2D eigenvalue weighted by molar-refractivity contribution is 5.83. The van der Waals surface area contributed by atoms with Crippen molar-refractivity contribution in [2.45, 2.75) is 45.8 Å². The molecule has 5 nitrogen and oxygen atoms in total. The molecule has 2 aromatic heterocycles. The van der Waals surface area contributed by atoms with Gasteiger partial charge in [0.05, 0.1) is 11.1 Å². The van der Waals surface area contributed by atoms with E-state index < -0.39 is 23.2 Å². The van der Waals surface area contributed by atoms with Crippen molar-refractivity contribution in [3.05, 3.63) is 30.7 Å². The first-order valence-corrected chi connectivity index (χ1v) is 7.75. The maximum absolute atomic E-state index is 13.2. The first-order chi connectivity index (χ1) is 11.1. The van der Waals surface area contributed by atoms with E-state index >= 15 is 0 Å². The fourth-order valence-electron chi connectivity index (χ4n) is 2.66. The second-order valence-corrected chi connectivity index (χ2v) is 6.62. The molecule has 2 heterocycles. The quantitative estimate of drug-likeness (QED) is 0.844. The maximum Gasteiger partial charge on any atom is 0.267 e. The van der Waals surface area contributed by atoms with Crippen LogP contribution in [0.3, 0.4) is 0 Å². The molecule has 0 aliphatic carbocycles. The molecule has 2 rings (SSSR count). The van der Waals surface area contributed by atoms with E-state index in [4.69, 9.17) is 0 Å². The van der Waals surface area contributed by atoms with Crippen molar-refractivity contribution in [1.29, 1.82) is 0 Å². The summed E-state index contributed by atoms with van der Waals surface area (Å²) in [5.41, 5.74) is -2.24. The van der Waals surface area contributed by atoms with Gasteiger partial charge in [-0.2, -0.15) is 5.10 Å². The molecule has 0 bridgehead atoms. The first-order valence-electron chi connectivity index (χ1n) is 7.75. The highest BCUT2D eigenvalue weighted by atomic mass is 19.3. The minimum absolute atomic E-state index is 0.0651. The van der Waals surface area contributed by atoms with Crippen molar-refractivity contribution in [2.24, 2.45) is 12.5 Å². The number of alkyl halides is 2. The van der Waals surface area contributed by atoms with Gasteiger partial charge < -0.3 is 9.67 Å². The van der Waals surface area contributed by atoms with Gasteiger partial charge in [-0.3, -0.25) is 9.48 Å². The molecule has 0 aliphatic rings. The number of carbonyl (C=O) groups excluding carboxylic acids is 1. The van der Waals surface area contributed by atoms with Crippen LogP contribution >= 0.6 is 0 Å². The molecule has 2 atom stereocenters. The standard InChI is InChI=1S/C17H23F2N3O2/c1-12(23)16(2,17(3,24)15(18)19)7-10-22-9-6-14(20-22)13-5-8-21(4)11-13/h5-6,8-9,11,15,24H,7,10H2,1-4H3. The summed E-state index contributed by atoms with van der Waals surface area (Å²) in [4.78, 5) is 11.9. The van der Waals surface area contributed by atoms with E-state index in [1.165, 1.54) is 13.8 Å². The van der Waals surface area contributed by atoms with Crippen LogP contribution in [0.15, 0.2) is 30.7 Å². The molecule has 0 saturated carbocycles. The summed E-state index contributed by atoms with van der Waals surface area (Å²) in [5, 5.41) is 14.5. The van der Waals surface area contributed by atoms with Gasteiger partial charge in [-0.1, -0.05) is 0 Å². The SMILES string of the molecule is CC(=O)C(C)(CCn1ccc(-c2ccn(C)c2)n1)C(C)(O)C(F)F. The number of aryl methyl sites for hydroxylation is 2. The lowest BCUT2D eigenvalue weighted by molar-refractivity contribution is -0.174. The molecule has 0 radical (unpaired) electrons. The van der Waals surface area contributed by atoms with E-state index in [1.54, 1.807) is 10.9 Å². The zero-order chi connectivity index (χ0) is 18.1. The summed E-state index contributed by atoms with van der Waals surface area (Å²) in [6, 6.07) is 3.75. The Bertz CT molecular complexity index is 721. The number of halogens is 2. The fraction of sp³-hybridized carbons (Fsp3) is 0.529. The van der Waals surface area contributed by atoms with Gasteiger partial charge in [-0.25, -0.2) is 8.78 Å². The van der Waals surface area contributed by atoms with Gasteiger partial charge >= 0.3 is 0 Å². The summed E-state index contributed by atoms with van der Waals surface area (Å²) >= 11 is 0. The number of rotatable bonds is 7. The third-order valence-corrected chi connectivity index (χ3v) is 4.93. The predicted octanol–water partition coefficient (Wildman–Crippen LogP) is 2.89. The van der Waals surface area contributed by atoms with E-state index in [9.17, 15) is 18.7 Å². The molecule has 0 aromatic carbocycles. The van der Waals surface area contributed by atoms with Crippen LogP contribution in [-0.2, 0) is 18.4 Å². The Morgan fingerprint density at radius 2 is 2.00 bits per heavy atom. The van der Waals surface area contributed by atoms with Gasteiger partial charge in [-0.05, 0) is 39.3 Å². The topological polar surface area (TPSA) is 60.0 Å². The Morgan fingerprint density at radius 1 is 1.33 bits per heavy atom. The Labute approximate surface area is 139 Å². The number of aromatic nitrogens is 3.